The van der Waals surface area contributed by atoms with Gasteiger partial charge in [0.15, 0.2) is 17.6 Å². The normalized spacial score (nSPS) is 29.7. The molecule has 0 aromatic heterocycles. The lowest BCUT2D eigenvalue weighted by Gasteiger charge is -2.35. The Morgan fingerprint density at radius 1 is 1.08 bits per heavy atom. The van der Waals surface area contributed by atoms with Crippen LogP contribution in [0.4, 0.5) is 0 Å². The second-order valence-electron chi connectivity index (χ2n) is 8.08. The summed E-state index contributed by atoms with van der Waals surface area (Å²) < 4.78 is 18.0. The first-order chi connectivity index (χ1) is 10.8. The van der Waals surface area contributed by atoms with Crippen molar-refractivity contribution in [3.63, 3.8) is 0 Å². The molecule has 1 saturated heterocycles. The number of quaternary nitrogens is 1. The molecule has 0 bridgehead atoms. The molecule has 2 heterocycles. The van der Waals surface area contributed by atoms with Gasteiger partial charge in [-0.2, -0.15) is 0 Å². The molecule has 136 valence electrons. The topological polar surface area (TPSA) is 32.1 Å². The van der Waals surface area contributed by atoms with Gasteiger partial charge in [-0.05, 0) is 37.0 Å². The van der Waals surface area contributed by atoms with E-state index in [0.29, 0.717) is 18.8 Å². The van der Waals surface area contributed by atoms with Gasteiger partial charge in [0.05, 0.1) is 0 Å². The average molecular weight is 356 g/mol. The Balaban J connectivity index is 0.00000208. The first kappa shape index (κ1) is 19.4. The van der Waals surface area contributed by atoms with Crippen LogP contribution in [0.25, 0.3) is 0 Å². The maximum atomic E-state index is 6.19. The average Bonchev–Trinajstić information content (AvgIpc) is 2.44. The maximum Gasteiger partial charge on any atom is 0.181 e. The smallest absolute Gasteiger partial charge is 0.181 e. The summed E-state index contributed by atoms with van der Waals surface area (Å²) >= 11 is 0. The molecular formula is C19H30ClNO3. The number of morpholine rings is 1. The number of benzene rings is 1. The van der Waals surface area contributed by atoms with Gasteiger partial charge in [-0.1, -0.05) is 26.8 Å². The first-order valence-electron chi connectivity index (χ1n) is 8.74. The largest absolute Gasteiger partial charge is 1.00 e. The van der Waals surface area contributed by atoms with Crippen LogP contribution in [0.2, 0.25) is 0 Å². The van der Waals surface area contributed by atoms with Crippen molar-refractivity contribution in [1.29, 1.82) is 0 Å². The molecule has 1 N–H and O–H groups in total. The van der Waals surface area contributed by atoms with E-state index in [1.54, 1.807) is 4.90 Å². The molecular weight excluding hydrogens is 326 g/mol. The Hall–Kier alpha value is -0.970. The molecule has 1 aromatic carbocycles. The van der Waals surface area contributed by atoms with Gasteiger partial charge in [0.1, 0.15) is 38.4 Å². The van der Waals surface area contributed by atoms with Gasteiger partial charge in [-0.15, -0.1) is 0 Å². The van der Waals surface area contributed by atoms with Crippen molar-refractivity contribution in [1.82, 2.24) is 0 Å². The Bertz CT molecular complexity index is 548. The Morgan fingerprint density at radius 3 is 2.38 bits per heavy atom. The number of ether oxygens (including phenoxy) is 3. The van der Waals surface area contributed by atoms with E-state index in [0.717, 1.165) is 31.1 Å². The third kappa shape index (κ3) is 4.56. The summed E-state index contributed by atoms with van der Waals surface area (Å²) in [6, 6.07) is 6.33. The number of rotatable bonds is 2. The second kappa shape index (κ2) is 7.51. The molecule has 0 radical (unpaired) electrons. The van der Waals surface area contributed by atoms with Crippen LogP contribution in [0.15, 0.2) is 18.2 Å². The summed E-state index contributed by atoms with van der Waals surface area (Å²) in [5.74, 6) is 1.76. The van der Waals surface area contributed by atoms with E-state index in [1.165, 1.54) is 5.56 Å². The van der Waals surface area contributed by atoms with Crippen LogP contribution in [-0.4, -0.2) is 44.6 Å². The van der Waals surface area contributed by atoms with E-state index in [4.69, 9.17) is 14.2 Å². The molecule has 1 aromatic rings. The SMILES string of the molecule is CC1C[NH+](CC2COc3cc(C(C)(C)C)ccc3O2)CC(C)O1.[Cl-]. The number of halogens is 1. The van der Waals surface area contributed by atoms with Crippen molar-refractivity contribution < 1.29 is 31.5 Å². The third-order valence-corrected chi connectivity index (χ3v) is 4.66. The summed E-state index contributed by atoms with van der Waals surface area (Å²) in [7, 11) is 0. The number of hydrogen-bond acceptors (Lipinski definition) is 3. The van der Waals surface area contributed by atoms with Crippen LogP contribution in [0.3, 0.4) is 0 Å². The molecule has 0 saturated carbocycles. The molecule has 5 heteroatoms. The van der Waals surface area contributed by atoms with E-state index in [2.05, 4.69) is 52.8 Å². The van der Waals surface area contributed by atoms with Gasteiger partial charge >= 0.3 is 0 Å². The summed E-state index contributed by atoms with van der Waals surface area (Å²) in [6.45, 7) is 14.6. The zero-order valence-electron chi connectivity index (χ0n) is 15.4. The minimum absolute atomic E-state index is 0. The van der Waals surface area contributed by atoms with Gasteiger partial charge in [0.25, 0.3) is 0 Å². The lowest BCUT2D eigenvalue weighted by atomic mass is 9.87. The highest BCUT2D eigenvalue weighted by Gasteiger charge is 2.31. The summed E-state index contributed by atoms with van der Waals surface area (Å²) in [6.07, 6.45) is 0.760. The fourth-order valence-electron chi connectivity index (χ4n) is 3.56. The van der Waals surface area contributed by atoms with Crippen LogP contribution in [-0.2, 0) is 10.2 Å². The lowest BCUT2D eigenvalue weighted by molar-refractivity contribution is -0.917. The zero-order chi connectivity index (χ0) is 16.6. The number of nitrogens with one attached hydrogen (secondary N) is 1. The summed E-state index contributed by atoms with van der Waals surface area (Å²) in [5, 5.41) is 0. The highest BCUT2D eigenvalue weighted by molar-refractivity contribution is 5.45. The van der Waals surface area contributed by atoms with Gasteiger partial charge < -0.3 is 31.5 Å². The molecule has 2 aliphatic heterocycles. The molecule has 0 spiro atoms. The van der Waals surface area contributed by atoms with Crippen LogP contribution >= 0.6 is 0 Å². The molecule has 24 heavy (non-hydrogen) atoms. The van der Waals surface area contributed by atoms with E-state index in [-0.39, 0.29) is 23.9 Å². The Kier molecular flexibility index (Phi) is 6.05. The predicted octanol–water partition coefficient (Wildman–Crippen LogP) is -1.18. The molecule has 3 rings (SSSR count). The van der Waals surface area contributed by atoms with Crippen molar-refractivity contribution in [3.8, 4) is 11.5 Å². The summed E-state index contributed by atoms with van der Waals surface area (Å²) in [5.41, 5.74) is 1.40. The predicted molar refractivity (Wildman–Crippen MR) is 90.6 cm³/mol. The quantitative estimate of drug-likeness (QED) is 0.725. The van der Waals surface area contributed by atoms with Crippen LogP contribution < -0.4 is 26.8 Å². The van der Waals surface area contributed by atoms with Crippen molar-refractivity contribution in [2.75, 3.05) is 26.2 Å². The molecule has 2 aliphatic rings. The summed E-state index contributed by atoms with van der Waals surface area (Å²) in [4.78, 5) is 1.54. The van der Waals surface area contributed by atoms with Crippen molar-refractivity contribution in [3.05, 3.63) is 23.8 Å². The number of fused-ring (bicyclic) bond motifs is 1. The van der Waals surface area contributed by atoms with Gasteiger partial charge in [-0.25, -0.2) is 0 Å². The Labute approximate surface area is 151 Å². The van der Waals surface area contributed by atoms with Gasteiger partial charge in [0, 0.05) is 0 Å². The molecule has 0 amide bonds. The van der Waals surface area contributed by atoms with Gasteiger partial charge in [-0.3, -0.25) is 0 Å². The van der Waals surface area contributed by atoms with Crippen LogP contribution in [0, 0.1) is 0 Å². The van der Waals surface area contributed by atoms with Crippen LogP contribution in [0.5, 0.6) is 11.5 Å². The molecule has 3 unspecified atom stereocenters. The van der Waals surface area contributed by atoms with E-state index in [9.17, 15) is 0 Å². The highest BCUT2D eigenvalue weighted by Crippen LogP contribution is 2.35. The first-order valence-corrected chi connectivity index (χ1v) is 8.74. The third-order valence-electron chi connectivity index (χ3n) is 4.66. The fourth-order valence-corrected chi connectivity index (χ4v) is 3.56. The molecule has 3 atom stereocenters. The fraction of sp³-hybridized carbons (Fsp3) is 0.684. The minimum Gasteiger partial charge on any atom is -1.00 e. The van der Waals surface area contributed by atoms with Crippen LogP contribution in [0.1, 0.15) is 40.2 Å². The number of hydrogen-bond donors (Lipinski definition) is 1. The molecule has 0 aliphatic carbocycles. The van der Waals surface area contributed by atoms with E-state index < -0.39 is 0 Å². The molecule has 1 fully saturated rings. The lowest BCUT2D eigenvalue weighted by Crippen LogP contribution is -3.16. The zero-order valence-corrected chi connectivity index (χ0v) is 16.2. The molecule has 4 nitrogen and oxygen atoms in total. The van der Waals surface area contributed by atoms with Crippen molar-refractivity contribution >= 4 is 0 Å². The van der Waals surface area contributed by atoms with E-state index >= 15 is 0 Å². The monoisotopic (exact) mass is 355 g/mol. The standard InChI is InChI=1S/C19H29NO3.ClH/c1-13-9-20(10-14(2)22-13)11-16-12-21-18-8-15(19(3,4)5)6-7-17(18)23-16;/h6-8,13-14,16H,9-12H2,1-5H3;1H. The minimum atomic E-state index is 0. The highest BCUT2D eigenvalue weighted by atomic mass is 35.5. The van der Waals surface area contributed by atoms with Crippen molar-refractivity contribution in [2.24, 2.45) is 0 Å². The van der Waals surface area contributed by atoms with Crippen molar-refractivity contribution in [2.45, 2.75) is 58.3 Å². The van der Waals surface area contributed by atoms with E-state index in [1.807, 2.05) is 0 Å². The van der Waals surface area contributed by atoms with Gasteiger partial charge in [0.2, 0.25) is 0 Å². The maximum absolute atomic E-state index is 6.19. The second-order valence-corrected chi connectivity index (χ2v) is 8.08. The Morgan fingerprint density at radius 2 is 1.75 bits per heavy atom.